The summed E-state index contributed by atoms with van der Waals surface area (Å²) in [6, 6.07) is 17.1. The maximum atomic E-state index is 5.65. The Balaban J connectivity index is 2.30. The smallest absolute Gasteiger partial charge is 0.148 e. The van der Waals surface area contributed by atoms with Crippen LogP contribution in [0.1, 0.15) is 96.1 Å². The molecule has 2 rings (SSSR count). The van der Waals surface area contributed by atoms with Crippen LogP contribution in [0.25, 0.3) is 0 Å². The molecular formula is C33H44O2. The highest BCUT2D eigenvalue weighted by atomic mass is 16.5. The van der Waals surface area contributed by atoms with Gasteiger partial charge in [0.15, 0.2) is 0 Å². The van der Waals surface area contributed by atoms with E-state index in [0.717, 1.165) is 24.3 Å². The minimum absolute atomic E-state index is 0.0771. The molecular weight excluding hydrogens is 428 g/mol. The fourth-order valence-electron chi connectivity index (χ4n) is 5.10. The van der Waals surface area contributed by atoms with E-state index in [4.69, 9.17) is 22.3 Å². The Morgan fingerprint density at radius 3 is 1.51 bits per heavy atom. The molecule has 188 valence electrons. The Hall–Kier alpha value is -2.84. The zero-order valence-electron chi connectivity index (χ0n) is 22.2. The highest BCUT2D eigenvalue weighted by Gasteiger charge is 2.38. The van der Waals surface area contributed by atoms with Gasteiger partial charge in [-0.1, -0.05) is 115 Å². The second-order valence-electron chi connectivity index (χ2n) is 9.54. The van der Waals surface area contributed by atoms with Crippen molar-refractivity contribution in [3.63, 3.8) is 0 Å². The molecule has 0 aliphatic heterocycles. The number of unbranched alkanes of at least 4 members (excludes halogenated alkanes) is 7. The lowest BCUT2D eigenvalue weighted by Gasteiger charge is -2.41. The van der Waals surface area contributed by atoms with Crippen LogP contribution < -0.4 is 9.47 Å². The van der Waals surface area contributed by atoms with Gasteiger partial charge in [0.2, 0.25) is 0 Å². The number of terminal acetylenes is 2. The molecule has 0 radical (unpaired) electrons. The lowest BCUT2D eigenvalue weighted by molar-refractivity contribution is 0.300. The lowest BCUT2D eigenvalue weighted by atomic mass is 9.63. The average Bonchev–Trinajstić information content (AvgIpc) is 2.90. The van der Waals surface area contributed by atoms with E-state index in [1.165, 1.54) is 62.5 Å². The normalized spacial score (nSPS) is 11.9. The molecule has 0 fully saturated rings. The van der Waals surface area contributed by atoms with E-state index in [0.29, 0.717) is 5.92 Å². The Kier molecular flexibility index (Phi) is 12.9. The first-order chi connectivity index (χ1) is 17.1. The molecule has 0 saturated heterocycles. The molecule has 0 aromatic heterocycles. The van der Waals surface area contributed by atoms with Gasteiger partial charge >= 0.3 is 0 Å². The van der Waals surface area contributed by atoms with E-state index in [9.17, 15) is 0 Å². The number of hydrogen-bond donors (Lipinski definition) is 0. The quantitative estimate of drug-likeness (QED) is 0.169. The third-order valence-electron chi connectivity index (χ3n) is 7.26. The molecule has 0 saturated carbocycles. The zero-order valence-corrected chi connectivity index (χ0v) is 22.2. The minimum atomic E-state index is -0.0771. The number of rotatable bonds is 17. The van der Waals surface area contributed by atoms with E-state index < -0.39 is 0 Å². The Labute approximate surface area is 214 Å². The van der Waals surface area contributed by atoms with E-state index in [-0.39, 0.29) is 18.6 Å². The predicted molar refractivity (Wildman–Crippen MR) is 149 cm³/mol. The van der Waals surface area contributed by atoms with Crippen LogP contribution in [-0.4, -0.2) is 13.2 Å². The van der Waals surface area contributed by atoms with Crippen molar-refractivity contribution in [2.24, 2.45) is 5.92 Å². The van der Waals surface area contributed by atoms with Crippen molar-refractivity contribution < 1.29 is 9.47 Å². The van der Waals surface area contributed by atoms with Crippen molar-refractivity contribution in [2.75, 3.05) is 13.2 Å². The van der Waals surface area contributed by atoms with Crippen molar-refractivity contribution in [3.05, 3.63) is 59.7 Å². The van der Waals surface area contributed by atoms with Crippen LogP contribution >= 0.6 is 0 Å². The van der Waals surface area contributed by atoms with Crippen LogP contribution in [0.15, 0.2) is 48.5 Å². The summed E-state index contributed by atoms with van der Waals surface area (Å²) in [6.07, 6.45) is 23.5. The van der Waals surface area contributed by atoms with Gasteiger partial charge in [-0.05, 0) is 47.7 Å². The summed E-state index contributed by atoms with van der Waals surface area (Å²) in [5, 5.41) is 0. The number of benzene rings is 2. The number of ether oxygens (including phenoxy) is 2. The van der Waals surface area contributed by atoms with Crippen molar-refractivity contribution >= 4 is 0 Å². The van der Waals surface area contributed by atoms with E-state index in [1.54, 1.807) is 0 Å². The maximum Gasteiger partial charge on any atom is 0.148 e. The van der Waals surface area contributed by atoms with E-state index in [1.807, 2.05) is 0 Å². The second kappa shape index (κ2) is 15.9. The van der Waals surface area contributed by atoms with E-state index in [2.05, 4.69) is 81.1 Å². The van der Waals surface area contributed by atoms with Gasteiger partial charge < -0.3 is 9.47 Å². The van der Waals surface area contributed by atoms with Crippen molar-refractivity contribution in [1.29, 1.82) is 0 Å². The van der Waals surface area contributed by atoms with Gasteiger partial charge in [0.25, 0.3) is 0 Å². The number of hydrogen-bond acceptors (Lipinski definition) is 2. The Morgan fingerprint density at radius 2 is 1.11 bits per heavy atom. The highest BCUT2D eigenvalue weighted by molar-refractivity contribution is 5.44. The molecule has 1 unspecified atom stereocenters. The molecule has 0 N–H and O–H groups in total. The maximum absolute atomic E-state index is 5.65. The molecule has 0 amide bonds. The summed E-state index contributed by atoms with van der Waals surface area (Å²) in [4.78, 5) is 0. The van der Waals surface area contributed by atoms with Gasteiger partial charge in [-0.15, -0.1) is 12.8 Å². The summed E-state index contributed by atoms with van der Waals surface area (Å²) in [5.41, 5.74) is 2.59. The van der Waals surface area contributed by atoms with E-state index >= 15 is 0 Å². The van der Waals surface area contributed by atoms with Gasteiger partial charge in [-0.25, -0.2) is 0 Å². The van der Waals surface area contributed by atoms with Crippen molar-refractivity contribution in [2.45, 2.75) is 90.4 Å². The standard InChI is InChI=1S/C33H44O2/c1-6-10-11-12-13-14-15-16-25-33(28(5)9-4,29-17-21-31(22-18-29)34-26-7-2)30-19-23-32(24-20-30)35-27-8-3/h2-3,17-24,28H,6,9-16,25-27H2,1,4-5H3. The lowest BCUT2D eigenvalue weighted by Crippen LogP contribution is -2.35. The first-order valence-electron chi connectivity index (χ1n) is 13.5. The van der Waals surface area contributed by atoms with Gasteiger partial charge in [0, 0.05) is 5.41 Å². The third-order valence-corrected chi connectivity index (χ3v) is 7.26. The Morgan fingerprint density at radius 1 is 0.686 bits per heavy atom. The molecule has 0 bridgehead atoms. The first kappa shape index (κ1) is 28.4. The SMILES string of the molecule is C#CCOc1ccc(C(CCCCCCCCCC)(c2ccc(OCC#C)cc2)C(C)CC)cc1. The zero-order chi connectivity index (χ0) is 25.4. The van der Waals surface area contributed by atoms with Crippen LogP contribution in [-0.2, 0) is 5.41 Å². The van der Waals surface area contributed by atoms with Gasteiger partial charge in [-0.3, -0.25) is 0 Å². The van der Waals surface area contributed by atoms with Gasteiger partial charge in [0.05, 0.1) is 0 Å². The van der Waals surface area contributed by atoms with Crippen LogP contribution in [0.2, 0.25) is 0 Å². The fourth-order valence-corrected chi connectivity index (χ4v) is 5.10. The van der Waals surface area contributed by atoms with Crippen LogP contribution in [0.5, 0.6) is 11.5 Å². The van der Waals surface area contributed by atoms with Crippen LogP contribution in [0.4, 0.5) is 0 Å². The summed E-state index contributed by atoms with van der Waals surface area (Å²) < 4.78 is 11.3. The summed E-state index contributed by atoms with van der Waals surface area (Å²) >= 11 is 0. The van der Waals surface area contributed by atoms with Crippen molar-refractivity contribution in [1.82, 2.24) is 0 Å². The minimum Gasteiger partial charge on any atom is -0.481 e. The highest BCUT2D eigenvalue weighted by Crippen LogP contribution is 2.46. The average molecular weight is 473 g/mol. The molecule has 0 heterocycles. The predicted octanol–water partition coefficient (Wildman–Crippen LogP) is 8.57. The molecule has 2 heteroatoms. The fraction of sp³-hybridized carbons (Fsp3) is 0.515. The van der Waals surface area contributed by atoms with Gasteiger partial charge in [-0.2, -0.15) is 0 Å². The molecule has 2 aromatic rings. The topological polar surface area (TPSA) is 18.5 Å². The summed E-state index contributed by atoms with van der Waals surface area (Å²) in [6.45, 7) is 7.52. The largest absolute Gasteiger partial charge is 0.481 e. The molecule has 0 spiro atoms. The monoisotopic (exact) mass is 472 g/mol. The molecule has 1 atom stereocenters. The summed E-state index contributed by atoms with van der Waals surface area (Å²) in [7, 11) is 0. The second-order valence-corrected chi connectivity index (χ2v) is 9.54. The van der Waals surface area contributed by atoms with Crippen LogP contribution in [0.3, 0.4) is 0 Å². The Bertz CT molecular complexity index is 850. The van der Waals surface area contributed by atoms with Crippen molar-refractivity contribution in [3.8, 4) is 36.2 Å². The third kappa shape index (κ3) is 8.40. The molecule has 35 heavy (non-hydrogen) atoms. The van der Waals surface area contributed by atoms with Crippen LogP contribution in [0, 0.1) is 30.6 Å². The summed E-state index contributed by atoms with van der Waals surface area (Å²) in [5.74, 6) is 7.19. The molecule has 2 nitrogen and oxygen atoms in total. The molecule has 0 aliphatic carbocycles. The molecule has 0 aliphatic rings. The molecule has 2 aromatic carbocycles. The van der Waals surface area contributed by atoms with Gasteiger partial charge in [0.1, 0.15) is 24.7 Å². The first-order valence-corrected chi connectivity index (χ1v) is 13.5.